The third kappa shape index (κ3) is 7.35. The number of ether oxygens (including phenoxy) is 1. The minimum atomic E-state index is -1.21. The predicted octanol–water partition coefficient (Wildman–Crippen LogP) is 2.55. The summed E-state index contributed by atoms with van der Waals surface area (Å²) in [4.78, 5) is 40.4. The second-order valence-electron chi connectivity index (χ2n) is 5.04. The van der Waals surface area contributed by atoms with E-state index in [0.717, 1.165) is 0 Å². The maximum absolute atomic E-state index is 10.5. The summed E-state index contributed by atoms with van der Waals surface area (Å²) in [5.74, 6) is 0. The van der Waals surface area contributed by atoms with Crippen molar-refractivity contribution in [1.82, 2.24) is 5.32 Å². The van der Waals surface area contributed by atoms with Gasteiger partial charge in [-0.3, -0.25) is 20.2 Å². The number of rotatable bonds is 6. The number of carbonyl (C=O) groups is 2. The molecule has 0 aliphatic rings. The maximum atomic E-state index is 10.5. The number of nitro groups is 2. The van der Waals surface area contributed by atoms with Gasteiger partial charge in [-0.2, -0.15) is 0 Å². The molecule has 0 saturated carbocycles. The van der Waals surface area contributed by atoms with E-state index in [1.165, 1.54) is 36.4 Å². The molecular weight excluding hydrogens is 376 g/mol. The lowest BCUT2D eigenvalue weighted by Gasteiger charge is -2.01. The molecule has 0 fully saturated rings. The monoisotopic (exact) mass is 392 g/mol. The van der Waals surface area contributed by atoms with Crippen LogP contribution in [0.3, 0.4) is 0 Å². The normalized spacial score (nSPS) is 9.43. The molecule has 0 saturated heterocycles. The molecule has 4 N–H and O–H groups in total. The van der Waals surface area contributed by atoms with Gasteiger partial charge in [0.25, 0.3) is 11.4 Å². The molecule has 0 heterocycles. The number of para-hydroxylation sites is 2. The molecule has 0 radical (unpaired) electrons. The highest BCUT2D eigenvalue weighted by Crippen LogP contribution is 2.18. The van der Waals surface area contributed by atoms with Crippen LogP contribution in [0.4, 0.5) is 21.0 Å². The van der Waals surface area contributed by atoms with Crippen LogP contribution in [0.15, 0.2) is 48.5 Å². The SMILES string of the molecule is NC(=O)OCc1ccccc1[N+](=O)[O-].O=C(O)NCc1ccccc1[N+](=O)[O-]. The molecule has 2 amide bonds. The minimum Gasteiger partial charge on any atom is -0.465 e. The van der Waals surface area contributed by atoms with E-state index in [9.17, 15) is 29.8 Å². The highest BCUT2D eigenvalue weighted by molar-refractivity contribution is 5.65. The molecule has 0 aliphatic carbocycles. The number of nitro benzene ring substituents is 2. The number of hydrogen-bond donors (Lipinski definition) is 3. The first kappa shape index (κ1) is 21.8. The fraction of sp³-hybridized carbons (Fsp3) is 0.125. The molecule has 0 bridgehead atoms. The number of nitrogens with one attached hydrogen (secondary N) is 1. The van der Waals surface area contributed by atoms with Crippen LogP contribution >= 0.6 is 0 Å². The average molecular weight is 392 g/mol. The number of hydrogen-bond acceptors (Lipinski definition) is 7. The molecule has 2 rings (SSSR count). The van der Waals surface area contributed by atoms with Gasteiger partial charge in [-0.05, 0) is 6.07 Å². The van der Waals surface area contributed by atoms with Gasteiger partial charge in [0.2, 0.25) is 0 Å². The molecular formula is C16H16N4O8. The molecule has 0 unspecified atom stereocenters. The molecule has 148 valence electrons. The Hall–Kier alpha value is -4.22. The lowest BCUT2D eigenvalue weighted by Crippen LogP contribution is -2.20. The van der Waals surface area contributed by atoms with Crippen molar-refractivity contribution in [1.29, 1.82) is 0 Å². The molecule has 2 aromatic rings. The van der Waals surface area contributed by atoms with Gasteiger partial charge in [0.05, 0.1) is 22.0 Å². The smallest absolute Gasteiger partial charge is 0.404 e. The van der Waals surface area contributed by atoms with Crippen LogP contribution < -0.4 is 11.1 Å². The van der Waals surface area contributed by atoms with Gasteiger partial charge in [-0.1, -0.05) is 30.3 Å². The number of primary amides is 1. The molecule has 12 nitrogen and oxygen atoms in total. The van der Waals surface area contributed by atoms with E-state index in [4.69, 9.17) is 10.8 Å². The van der Waals surface area contributed by atoms with Gasteiger partial charge in [0.1, 0.15) is 6.61 Å². The molecule has 28 heavy (non-hydrogen) atoms. The summed E-state index contributed by atoms with van der Waals surface area (Å²) in [6.07, 6.45) is -2.16. The number of carbonyl (C=O) groups excluding carboxylic acids is 1. The third-order valence-corrected chi connectivity index (χ3v) is 3.18. The molecule has 12 heteroatoms. The Morgan fingerprint density at radius 3 is 1.89 bits per heavy atom. The number of amides is 2. The first-order valence-electron chi connectivity index (χ1n) is 7.56. The number of carboxylic acid groups (broad SMARTS) is 1. The van der Waals surface area contributed by atoms with E-state index in [0.29, 0.717) is 11.1 Å². The first-order chi connectivity index (χ1) is 13.2. The number of benzene rings is 2. The molecule has 0 atom stereocenters. The lowest BCUT2D eigenvalue weighted by atomic mass is 10.2. The summed E-state index contributed by atoms with van der Waals surface area (Å²) in [6.45, 7) is -0.251. The zero-order valence-corrected chi connectivity index (χ0v) is 14.3. The van der Waals surface area contributed by atoms with Crippen LogP contribution in [-0.4, -0.2) is 27.1 Å². The lowest BCUT2D eigenvalue weighted by molar-refractivity contribution is -0.385. The van der Waals surface area contributed by atoms with Gasteiger partial charge >= 0.3 is 12.2 Å². The van der Waals surface area contributed by atoms with Crippen molar-refractivity contribution in [3.05, 3.63) is 79.9 Å². The Morgan fingerprint density at radius 1 is 0.964 bits per heavy atom. The van der Waals surface area contributed by atoms with Crippen molar-refractivity contribution >= 4 is 23.6 Å². The summed E-state index contributed by atoms with van der Waals surface area (Å²) >= 11 is 0. The van der Waals surface area contributed by atoms with E-state index >= 15 is 0 Å². The predicted molar refractivity (Wildman–Crippen MR) is 95.4 cm³/mol. The summed E-state index contributed by atoms with van der Waals surface area (Å²) in [5.41, 5.74) is 5.23. The van der Waals surface area contributed by atoms with Crippen LogP contribution in [0, 0.1) is 20.2 Å². The minimum absolute atomic E-state index is 0.0630. The van der Waals surface area contributed by atoms with E-state index in [2.05, 4.69) is 10.1 Å². The number of nitrogens with zero attached hydrogens (tertiary/aromatic N) is 2. The Morgan fingerprint density at radius 2 is 1.43 bits per heavy atom. The average Bonchev–Trinajstić information content (AvgIpc) is 2.65. The fourth-order valence-electron chi connectivity index (χ4n) is 1.97. The van der Waals surface area contributed by atoms with Crippen molar-refractivity contribution < 1.29 is 29.3 Å². The van der Waals surface area contributed by atoms with Crippen LogP contribution in [0.5, 0.6) is 0 Å². The highest BCUT2D eigenvalue weighted by Gasteiger charge is 2.13. The van der Waals surface area contributed by atoms with Crippen LogP contribution in [0.2, 0.25) is 0 Å². The maximum Gasteiger partial charge on any atom is 0.404 e. The van der Waals surface area contributed by atoms with Gasteiger partial charge in [0.15, 0.2) is 0 Å². The van der Waals surface area contributed by atoms with Crippen molar-refractivity contribution in [2.75, 3.05) is 0 Å². The van der Waals surface area contributed by atoms with Crippen LogP contribution in [0.1, 0.15) is 11.1 Å². The van der Waals surface area contributed by atoms with Crippen molar-refractivity contribution in [3.8, 4) is 0 Å². The fourth-order valence-corrected chi connectivity index (χ4v) is 1.97. The highest BCUT2D eigenvalue weighted by atomic mass is 16.6. The van der Waals surface area contributed by atoms with Crippen molar-refractivity contribution in [2.24, 2.45) is 5.73 Å². The van der Waals surface area contributed by atoms with E-state index in [1.807, 2.05) is 0 Å². The summed E-state index contributed by atoms with van der Waals surface area (Å²) in [7, 11) is 0. The summed E-state index contributed by atoms with van der Waals surface area (Å²) in [6, 6.07) is 12.0. The third-order valence-electron chi connectivity index (χ3n) is 3.18. The van der Waals surface area contributed by atoms with Gasteiger partial charge in [0, 0.05) is 17.7 Å². The summed E-state index contributed by atoms with van der Waals surface area (Å²) in [5, 5.41) is 31.4. The second-order valence-corrected chi connectivity index (χ2v) is 5.04. The second kappa shape index (κ2) is 10.7. The van der Waals surface area contributed by atoms with Gasteiger partial charge in [-0.15, -0.1) is 0 Å². The Kier molecular flexibility index (Phi) is 8.34. The Labute approximate surface area is 157 Å². The standard InChI is InChI=1S/2C8H8N2O4/c9-8(11)14-5-6-3-1-2-4-7(6)10(12)13;11-8(12)9-5-6-3-1-2-4-7(6)10(13)14/h1-4H,5H2,(H2,9,11);1-4,9H,5H2,(H,11,12). The van der Waals surface area contributed by atoms with Crippen LogP contribution in [-0.2, 0) is 17.9 Å². The van der Waals surface area contributed by atoms with Gasteiger partial charge in [-0.25, -0.2) is 9.59 Å². The molecule has 0 aromatic heterocycles. The number of nitrogens with two attached hydrogens (primary N) is 1. The zero-order chi connectivity index (χ0) is 21.1. The van der Waals surface area contributed by atoms with E-state index in [-0.39, 0.29) is 24.5 Å². The zero-order valence-electron chi connectivity index (χ0n) is 14.3. The van der Waals surface area contributed by atoms with Crippen molar-refractivity contribution in [2.45, 2.75) is 13.2 Å². The van der Waals surface area contributed by atoms with Crippen molar-refractivity contribution in [3.63, 3.8) is 0 Å². The van der Waals surface area contributed by atoms with Gasteiger partial charge < -0.3 is 20.9 Å². The topological polar surface area (TPSA) is 188 Å². The largest absolute Gasteiger partial charge is 0.465 e. The first-order valence-corrected chi connectivity index (χ1v) is 7.56. The Bertz CT molecular complexity index is 800. The molecule has 0 aliphatic heterocycles. The van der Waals surface area contributed by atoms with Crippen LogP contribution in [0.25, 0.3) is 0 Å². The van der Waals surface area contributed by atoms with E-state index in [1.54, 1.807) is 12.1 Å². The molecule has 2 aromatic carbocycles. The Balaban J connectivity index is 0.000000280. The van der Waals surface area contributed by atoms with E-state index < -0.39 is 22.0 Å². The summed E-state index contributed by atoms with van der Waals surface area (Å²) < 4.78 is 4.45. The molecule has 0 spiro atoms. The quantitative estimate of drug-likeness (QED) is 0.493.